The lowest BCUT2D eigenvalue weighted by Gasteiger charge is -2.21. The van der Waals surface area contributed by atoms with E-state index in [4.69, 9.17) is 0 Å². The molecule has 5 heteroatoms. The van der Waals surface area contributed by atoms with E-state index in [0.29, 0.717) is 5.56 Å². The van der Waals surface area contributed by atoms with Gasteiger partial charge in [0.15, 0.2) is 0 Å². The molecule has 0 saturated heterocycles. The van der Waals surface area contributed by atoms with Crippen molar-refractivity contribution in [2.45, 2.75) is 25.9 Å². The lowest BCUT2D eigenvalue weighted by atomic mass is 10.0. The van der Waals surface area contributed by atoms with E-state index in [1.54, 1.807) is 13.8 Å². The average Bonchev–Trinajstić information content (AvgIpc) is 2.40. The predicted molar refractivity (Wildman–Crippen MR) is 72.7 cm³/mol. The van der Waals surface area contributed by atoms with E-state index in [0.717, 1.165) is 24.3 Å². The van der Waals surface area contributed by atoms with Crippen molar-refractivity contribution in [3.63, 3.8) is 0 Å². The highest BCUT2D eigenvalue weighted by atomic mass is 19.1. The van der Waals surface area contributed by atoms with Crippen LogP contribution in [0.1, 0.15) is 37.1 Å². The summed E-state index contributed by atoms with van der Waals surface area (Å²) < 4.78 is 53.2. The second-order valence-corrected chi connectivity index (χ2v) is 4.98. The first-order chi connectivity index (χ1) is 9.86. The van der Waals surface area contributed by atoms with E-state index in [2.05, 4.69) is 5.32 Å². The largest absolute Gasteiger partial charge is 0.304 e. The van der Waals surface area contributed by atoms with Crippen LogP contribution in [0.3, 0.4) is 0 Å². The molecule has 1 nitrogen and oxygen atoms in total. The molecule has 0 aliphatic heterocycles. The van der Waals surface area contributed by atoms with Crippen LogP contribution in [-0.4, -0.2) is 0 Å². The molecular formula is C16H15F4N. The summed E-state index contributed by atoms with van der Waals surface area (Å²) in [6.07, 6.45) is 0. The molecular weight excluding hydrogens is 282 g/mol. The summed E-state index contributed by atoms with van der Waals surface area (Å²) in [7, 11) is 0. The SMILES string of the molecule is CC(NC(C)c1cc(F)ccc1F)c1cc(F)cc(F)c1. The molecule has 2 unspecified atom stereocenters. The second kappa shape index (κ2) is 6.26. The minimum Gasteiger partial charge on any atom is -0.304 e. The van der Waals surface area contributed by atoms with Crippen molar-refractivity contribution in [1.29, 1.82) is 0 Å². The Morgan fingerprint density at radius 3 is 2.00 bits per heavy atom. The van der Waals surface area contributed by atoms with Crippen LogP contribution in [-0.2, 0) is 0 Å². The molecule has 0 heterocycles. The number of hydrogen-bond donors (Lipinski definition) is 1. The first-order valence-corrected chi connectivity index (χ1v) is 6.54. The maximum Gasteiger partial charge on any atom is 0.128 e. The van der Waals surface area contributed by atoms with Crippen molar-refractivity contribution in [1.82, 2.24) is 5.32 Å². The van der Waals surface area contributed by atoms with E-state index < -0.39 is 35.4 Å². The second-order valence-electron chi connectivity index (χ2n) is 4.98. The van der Waals surface area contributed by atoms with Gasteiger partial charge in [0.2, 0.25) is 0 Å². The van der Waals surface area contributed by atoms with Crippen LogP contribution in [0.25, 0.3) is 0 Å². The molecule has 2 atom stereocenters. The van der Waals surface area contributed by atoms with Gasteiger partial charge in [-0.05, 0) is 49.7 Å². The summed E-state index contributed by atoms with van der Waals surface area (Å²) in [6.45, 7) is 3.35. The smallest absolute Gasteiger partial charge is 0.128 e. The fraction of sp³-hybridized carbons (Fsp3) is 0.250. The van der Waals surface area contributed by atoms with Crippen LogP contribution in [0.4, 0.5) is 17.6 Å². The standard InChI is InChI=1S/C16H15F4N/c1-9(11-5-13(18)7-14(19)6-11)21-10(2)15-8-12(17)3-4-16(15)20/h3-10,21H,1-2H3. The molecule has 0 aliphatic rings. The van der Waals surface area contributed by atoms with E-state index in [1.165, 1.54) is 12.1 Å². The van der Waals surface area contributed by atoms with Crippen LogP contribution >= 0.6 is 0 Å². The van der Waals surface area contributed by atoms with Gasteiger partial charge in [0, 0.05) is 23.7 Å². The Bertz CT molecular complexity index is 622. The minimum absolute atomic E-state index is 0.165. The summed E-state index contributed by atoms with van der Waals surface area (Å²) >= 11 is 0. The minimum atomic E-state index is -0.678. The number of benzene rings is 2. The molecule has 0 bridgehead atoms. The summed E-state index contributed by atoms with van der Waals surface area (Å²) in [5, 5.41) is 2.99. The molecule has 0 amide bonds. The van der Waals surface area contributed by atoms with Crippen molar-refractivity contribution in [3.8, 4) is 0 Å². The molecule has 112 valence electrons. The number of rotatable bonds is 4. The van der Waals surface area contributed by atoms with Gasteiger partial charge in [-0.15, -0.1) is 0 Å². The molecule has 21 heavy (non-hydrogen) atoms. The molecule has 0 radical (unpaired) electrons. The number of hydrogen-bond acceptors (Lipinski definition) is 1. The molecule has 1 N–H and O–H groups in total. The van der Waals surface area contributed by atoms with Crippen molar-refractivity contribution in [3.05, 3.63) is 70.8 Å². The van der Waals surface area contributed by atoms with Gasteiger partial charge >= 0.3 is 0 Å². The molecule has 2 rings (SSSR count). The molecule has 0 fully saturated rings. The van der Waals surface area contributed by atoms with E-state index >= 15 is 0 Å². The van der Waals surface area contributed by atoms with Crippen molar-refractivity contribution < 1.29 is 17.6 Å². The third-order valence-corrected chi connectivity index (χ3v) is 3.31. The monoisotopic (exact) mass is 297 g/mol. The van der Waals surface area contributed by atoms with Gasteiger partial charge in [-0.25, -0.2) is 17.6 Å². The third-order valence-electron chi connectivity index (χ3n) is 3.31. The Kier molecular flexibility index (Phi) is 4.63. The fourth-order valence-electron chi connectivity index (χ4n) is 2.23. The van der Waals surface area contributed by atoms with Gasteiger partial charge in [-0.2, -0.15) is 0 Å². The van der Waals surface area contributed by atoms with Crippen molar-refractivity contribution >= 4 is 0 Å². The Morgan fingerprint density at radius 2 is 1.38 bits per heavy atom. The van der Waals surface area contributed by atoms with E-state index in [9.17, 15) is 17.6 Å². The molecule has 0 aromatic heterocycles. The molecule has 0 aliphatic carbocycles. The van der Waals surface area contributed by atoms with E-state index in [1.807, 2.05) is 0 Å². The summed E-state index contributed by atoms with van der Waals surface area (Å²) in [6, 6.07) is 5.45. The molecule has 2 aromatic carbocycles. The van der Waals surface area contributed by atoms with Crippen LogP contribution < -0.4 is 5.32 Å². The topological polar surface area (TPSA) is 12.0 Å². The van der Waals surface area contributed by atoms with E-state index in [-0.39, 0.29) is 5.56 Å². The average molecular weight is 297 g/mol. The molecule has 2 aromatic rings. The van der Waals surface area contributed by atoms with Crippen LogP contribution in [0.15, 0.2) is 36.4 Å². The highest BCUT2D eigenvalue weighted by molar-refractivity contribution is 5.24. The van der Waals surface area contributed by atoms with Gasteiger partial charge in [0.05, 0.1) is 0 Å². The van der Waals surface area contributed by atoms with Gasteiger partial charge in [0.25, 0.3) is 0 Å². The quantitative estimate of drug-likeness (QED) is 0.810. The zero-order valence-electron chi connectivity index (χ0n) is 11.6. The first kappa shape index (κ1) is 15.5. The number of nitrogens with one attached hydrogen (secondary N) is 1. The van der Waals surface area contributed by atoms with Crippen LogP contribution in [0.2, 0.25) is 0 Å². The highest BCUT2D eigenvalue weighted by Gasteiger charge is 2.16. The normalized spacial score (nSPS) is 14.0. The number of halogens is 4. The van der Waals surface area contributed by atoms with Crippen LogP contribution in [0.5, 0.6) is 0 Å². The van der Waals surface area contributed by atoms with Crippen LogP contribution in [0, 0.1) is 23.3 Å². The molecule has 0 spiro atoms. The Balaban J connectivity index is 2.18. The Hall–Kier alpha value is -1.88. The van der Waals surface area contributed by atoms with Gasteiger partial charge in [-0.3, -0.25) is 0 Å². The maximum atomic E-state index is 13.7. The molecule has 0 saturated carbocycles. The van der Waals surface area contributed by atoms with Gasteiger partial charge in [-0.1, -0.05) is 0 Å². The first-order valence-electron chi connectivity index (χ1n) is 6.54. The fourth-order valence-corrected chi connectivity index (χ4v) is 2.23. The summed E-state index contributed by atoms with van der Waals surface area (Å²) in [4.78, 5) is 0. The van der Waals surface area contributed by atoms with Gasteiger partial charge in [0.1, 0.15) is 23.3 Å². The summed E-state index contributed by atoms with van der Waals surface area (Å²) in [5.41, 5.74) is 0.565. The maximum absolute atomic E-state index is 13.7. The lowest BCUT2D eigenvalue weighted by Crippen LogP contribution is -2.23. The zero-order chi connectivity index (χ0) is 15.6. The Labute approximate surface area is 120 Å². The van der Waals surface area contributed by atoms with Gasteiger partial charge < -0.3 is 5.32 Å². The van der Waals surface area contributed by atoms with Crippen molar-refractivity contribution in [2.24, 2.45) is 0 Å². The zero-order valence-corrected chi connectivity index (χ0v) is 11.6. The Morgan fingerprint density at radius 1 is 0.762 bits per heavy atom. The summed E-state index contributed by atoms with van der Waals surface area (Å²) in [5.74, 6) is -2.43. The third kappa shape index (κ3) is 3.82. The van der Waals surface area contributed by atoms with Crippen molar-refractivity contribution in [2.75, 3.05) is 0 Å². The lowest BCUT2D eigenvalue weighted by molar-refractivity contribution is 0.465. The predicted octanol–water partition coefficient (Wildman–Crippen LogP) is 4.65. The highest BCUT2D eigenvalue weighted by Crippen LogP contribution is 2.23.